The molecule has 0 aliphatic rings. The van der Waals surface area contributed by atoms with Crippen molar-refractivity contribution in [1.29, 1.82) is 0 Å². The molecule has 1 N–H and O–H groups in total. The number of imidazole rings is 1. The van der Waals surface area contributed by atoms with Crippen molar-refractivity contribution in [2.75, 3.05) is 0 Å². The standard InChI is InChI=1S/C21H25BrN2.ClH/c1-2-3-4-5-6-9-16-24-20-11-8-7-10-19(20)23-21(24)17-12-14-18(22)15-13-17;/h7-8,10-15H,2-6,9,16H2,1H3;1H. The lowest BCUT2D eigenvalue weighted by molar-refractivity contribution is -0.660. The molecule has 0 aliphatic carbocycles. The van der Waals surface area contributed by atoms with Gasteiger partial charge in [0.15, 0.2) is 11.0 Å². The third-order valence-corrected chi connectivity index (χ3v) is 5.10. The first-order valence-corrected chi connectivity index (χ1v) is 9.85. The number of H-pyrrole nitrogens is 1. The highest BCUT2D eigenvalue weighted by molar-refractivity contribution is 9.10. The van der Waals surface area contributed by atoms with Crippen molar-refractivity contribution in [3.8, 4) is 11.4 Å². The SMILES string of the molecule is CCCCCCCC[n+]1c(-c2ccc(Br)cc2)[nH]c2ccccc21.[Cl-]. The lowest BCUT2D eigenvalue weighted by Crippen LogP contribution is -3.00. The van der Waals surface area contributed by atoms with Gasteiger partial charge < -0.3 is 12.4 Å². The molecule has 1 aromatic heterocycles. The van der Waals surface area contributed by atoms with E-state index in [1.165, 1.54) is 60.9 Å². The van der Waals surface area contributed by atoms with Gasteiger partial charge >= 0.3 is 0 Å². The number of benzene rings is 2. The zero-order valence-electron chi connectivity index (χ0n) is 14.8. The van der Waals surface area contributed by atoms with Gasteiger partial charge in [-0.25, -0.2) is 9.55 Å². The van der Waals surface area contributed by atoms with Gasteiger partial charge in [0.2, 0.25) is 0 Å². The average molecular weight is 422 g/mol. The fourth-order valence-electron chi connectivity index (χ4n) is 3.25. The molecule has 0 saturated carbocycles. The fraction of sp³-hybridized carbons (Fsp3) is 0.381. The Morgan fingerprint density at radius 1 is 0.880 bits per heavy atom. The van der Waals surface area contributed by atoms with Crippen LogP contribution in [0.4, 0.5) is 0 Å². The molecule has 0 saturated heterocycles. The molecule has 0 bridgehead atoms. The Morgan fingerprint density at radius 2 is 1.56 bits per heavy atom. The van der Waals surface area contributed by atoms with E-state index in [1.54, 1.807) is 0 Å². The third kappa shape index (κ3) is 5.08. The normalized spacial score (nSPS) is 10.8. The summed E-state index contributed by atoms with van der Waals surface area (Å²) in [5.41, 5.74) is 3.74. The van der Waals surface area contributed by atoms with Crippen LogP contribution in [0.3, 0.4) is 0 Å². The van der Waals surface area contributed by atoms with Gasteiger partial charge in [0.1, 0.15) is 0 Å². The van der Waals surface area contributed by atoms with Crippen molar-refractivity contribution >= 4 is 27.0 Å². The van der Waals surface area contributed by atoms with Crippen LogP contribution >= 0.6 is 15.9 Å². The Hall–Kier alpha value is -1.32. The first kappa shape index (κ1) is 20.0. The monoisotopic (exact) mass is 420 g/mol. The number of halogens is 2. The fourth-order valence-corrected chi connectivity index (χ4v) is 3.51. The van der Waals surface area contributed by atoms with Crippen molar-refractivity contribution < 1.29 is 17.0 Å². The molecule has 0 atom stereocenters. The molecule has 0 radical (unpaired) electrons. The number of hydrogen-bond acceptors (Lipinski definition) is 0. The van der Waals surface area contributed by atoms with Gasteiger partial charge in [0.25, 0.3) is 5.82 Å². The Morgan fingerprint density at radius 3 is 2.32 bits per heavy atom. The van der Waals surface area contributed by atoms with Gasteiger partial charge in [-0.1, -0.05) is 60.7 Å². The number of nitrogens with one attached hydrogen (secondary N) is 1. The molecule has 25 heavy (non-hydrogen) atoms. The van der Waals surface area contributed by atoms with Crippen LogP contribution in [0.2, 0.25) is 0 Å². The molecule has 4 heteroatoms. The second kappa shape index (κ2) is 9.98. The van der Waals surface area contributed by atoms with Gasteiger partial charge in [0, 0.05) is 4.47 Å². The van der Waals surface area contributed by atoms with E-state index in [2.05, 4.69) is 80.9 Å². The predicted molar refractivity (Wildman–Crippen MR) is 105 cm³/mol. The van der Waals surface area contributed by atoms with Gasteiger partial charge in [-0.3, -0.25) is 0 Å². The number of nitrogens with zero attached hydrogens (tertiary/aromatic N) is 1. The molecule has 1 heterocycles. The summed E-state index contributed by atoms with van der Waals surface area (Å²) in [6.45, 7) is 3.34. The zero-order chi connectivity index (χ0) is 16.8. The van der Waals surface area contributed by atoms with E-state index in [0.29, 0.717) is 0 Å². The van der Waals surface area contributed by atoms with E-state index in [1.807, 2.05) is 0 Å². The third-order valence-electron chi connectivity index (χ3n) is 4.57. The highest BCUT2D eigenvalue weighted by Gasteiger charge is 2.19. The van der Waals surface area contributed by atoms with Crippen LogP contribution in [0.1, 0.15) is 45.4 Å². The number of unbranched alkanes of at least 4 members (excludes halogenated alkanes) is 5. The Balaban J connectivity index is 0.00000225. The number of hydrogen-bond donors (Lipinski definition) is 1. The van der Waals surface area contributed by atoms with Crippen LogP contribution in [0.15, 0.2) is 53.0 Å². The molecule has 0 unspecified atom stereocenters. The number of aromatic amines is 1. The highest BCUT2D eigenvalue weighted by Crippen LogP contribution is 2.21. The molecule has 0 fully saturated rings. The van der Waals surface area contributed by atoms with Crippen LogP contribution in [0.25, 0.3) is 22.4 Å². The summed E-state index contributed by atoms with van der Waals surface area (Å²) < 4.78 is 3.56. The van der Waals surface area contributed by atoms with Crippen LogP contribution in [-0.4, -0.2) is 4.98 Å². The zero-order valence-corrected chi connectivity index (χ0v) is 17.1. The summed E-state index contributed by atoms with van der Waals surface area (Å²) >= 11 is 3.53. The largest absolute Gasteiger partial charge is 1.00 e. The van der Waals surface area contributed by atoms with Crippen LogP contribution in [-0.2, 0) is 6.54 Å². The Bertz CT molecular complexity index is 780. The minimum Gasteiger partial charge on any atom is -1.00 e. The van der Waals surface area contributed by atoms with Gasteiger partial charge in [-0.2, -0.15) is 0 Å². The van der Waals surface area contributed by atoms with Crippen LogP contribution < -0.4 is 17.0 Å². The second-order valence-corrected chi connectivity index (χ2v) is 7.33. The smallest absolute Gasteiger partial charge is 0.287 e. The van der Waals surface area contributed by atoms with Gasteiger partial charge in [-0.05, 0) is 49.2 Å². The van der Waals surface area contributed by atoms with E-state index in [9.17, 15) is 0 Å². The number of aryl methyl sites for hydroxylation is 1. The van der Waals surface area contributed by atoms with Gasteiger partial charge in [-0.15, -0.1) is 0 Å². The number of rotatable bonds is 8. The highest BCUT2D eigenvalue weighted by atomic mass is 79.9. The summed E-state index contributed by atoms with van der Waals surface area (Å²) in [4.78, 5) is 3.61. The predicted octanol–water partition coefficient (Wildman–Crippen LogP) is 3.25. The first-order valence-electron chi connectivity index (χ1n) is 9.06. The molecule has 2 aromatic carbocycles. The van der Waals surface area contributed by atoms with E-state index in [-0.39, 0.29) is 12.4 Å². The molecular formula is C21H26BrClN2. The van der Waals surface area contributed by atoms with Crippen molar-refractivity contribution in [2.45, 2.75) is 52.0 Å². The van der Waals surface area contributed by atoms with Crippen LogP contribution in [0, 0.1) is 0 Å². The maximum absolute atomic E-state index is 3.61. The van der Waals surface area contributed by atoms with Crippen molar-refractivity contribution in [3.63, 3.8) is 0 Å². The van der Waals surface area contributed by atoms with E-state index in [4.69, 9.17) is 0 Å². The van der Waals surface area contributed by atoms with Crippen molar-refractivity contribution in [3.05, 3.63) is 53.0 Å². The summed E-state index contributed by atoms with van der Waals surface area (Å²) in [7, 11) is 0. The molecule has 3 rings (SSSR count). The minimum absolute atomic E-state index is 0. The summed E-state index contributed by atoms with van der Waals surface area (Å²) in [5.74, 6) is 1.21. The molecular weight excluding hydrogens is 396 g/mol. The molecule has 2 nitrogen and oxygen atoms in total. The molecule has 0 aliphatic heterocycles. The maximum atomic E-state index is 3.61. The quantitative estimate of drug-likeness (QED) is 0.425. The lowest BCUT2D eigenvalue weighted by atomic mass is 10.1. The second-order valence-electron chi connectivity index (χ2n) is 6.42. The average Bonchev–Trinajstić information content (AvgIpc) is 2.97. The van der Waals surface area contributed by atoms with Gasteiger partial charge in [0.05, 0.1) is 12.1 Å². The van der Waals surface area contributed by atoms with Crippen molar-refractivity contribution in [2.24, 2.45) is 0 Å². The Labute approximate surface area is 165 Å². The minimum atomic E-state index is 0. The number of para-hydroxylation sites is 2. The number of fused-ring (bicyclic) bond motifs is 1. The molecule has 0 spiro atoms. The molecule has 3 aromatic rings. The molecule has 134 valence electrons. The summed E-state index contributed by atoms with van der Waals surface area (Å²) in [6.07, 6.45) is 7.94. The lowest BCUT2D eigenvalue weighted by Gasteiger charge is -2.03. The maximum Gasteiger partial charge on any atom is 0.287 e. The van der Waals surface area contributed by atoms with E-state index in [0.717, 1.165) is 11.0 Å². The topological polar surface area (TPSA) is 19.7 Å². The Kier molecular flexibility index (Phi) is 7.98. The van der Waals surface area contributed by atoms with E-state index < -0.39 is 0 Å². The van der Waals surface area contributed by atoms with E-state index >= 15 is 0 Å². The first-order chi connectivity index (χ1) is 11.8. The summed E-state index contributed by atoms with van der Waals surface area (Å²) in [5, 5.41) is 0. The number of aromatic nitrogens is 2. The molecule has 0 amide bonds. The van der Waals surface area contributed by atoms with Crippen molar-refractivity contribution in [1.82, 2.24) is 4.98 Å². The van der Waals surface area contributed by atoms with Crippen LogP contribution in [0.5, 0.6) is 0 Å². The summed E-state index contributed by atoms with van der Waals surface area (Å²) in [6, 6.07) is 17.2.